The van der Waals surface area contributed by atoms with Crippen LogP contribution in [0.4, 0.5) is 0 Å². The predicted octanol–water partition coefficient (Wildman–Crippen LogP) is 2.48. The fourth-order valence-corrected chi connectivity index (χ4v) is 3.18. The van der Waals surface area contributed by atoms with E-state index in [-0.39, 0.29) is 30.7 Å². The van der Waals surface area contributed by atoms with Crippen molar-refractivity contribution in [2.45, 2.75) is 38.1 Å². The van der Waals surface area contributed by atoms with E-state index in [2.05, 4.69) is 26.6 Å². The van der Waals surface area contributed by atoms with E-state index in [1.807, 2.05) is 0 Å². The molecule has 2 N–H and O–H groups in total. The van der Waals surface area contributed by atoms with Gasteiger partial charge in [0.25, 0.3) is 0 Å². The molecule has 1 saturated carbocycles. The average Bonchev–Trinajstić information content (AvgIpc) is 3.14. The van der Waals surface area contributed by atoms with Crippen molar-refractivity contribution < 1.29 is 19.1 Å². The van der Waals surface area contributed by atoms with Crippen LogP contribution in [0.1, 0.15) is 43.7 Å². The zero-order chi connectivity index (χ0) is 18.2. The molecule has 0 spiro atoms. The molecule has 0 saturated heterocycles. The highest BCUT2D eigenvalue weighted by Gasteiger charge is 2.24. The molecule has 1 aromatic carbocycles. The summed E-state index contributed by atoms with van der Waals surface area (Å²) < 4.78 is 5.65. The van der Waals surface area contributed by atoms with Gasteiger partial charge in [-0.2, -0.15) is 0 Å². The molecule has 7 heteroatoms. The van der Waals surface area contributed by atoms with Gasteiger partial charge in [0.2, 0.25) is 11.8 Å². The number of carbonyl (C=O) groups is 3. The number of rotatable bonds is 7. The Morgan fingerprint density at radius 2 is 1.84 bits per heavy atom. The number of carbonyl (C=O) groups excluding carboxylic acids is 3. The van der Waals surface area contributed by atoms with Crippen LogP contribution in [-0.2, 0) is 19.1 Å². The monoisotopic (exact) mass is 410 g/mol. The van der Waals surface area contributed by atoms with Crippen LogP contribution in [0.15, 0.2) is 28.7 Å². The zero-order valence-electron chi connectivity index (χ0n) is 14.2. The average molecular weight is 411 g/mol. The summed E-state index contributed by atoms with van der Waals surface area (Å²) in [6.45, 7) is 0.259. The van der Waals surface area contributed by atoms with Crippen molar-refractivity contribution >= 4 is 33.7 Å². The third-order valence-corrected chi connectivity index (χ3v) is 4.85. The number of methoxy groups -OCH3 is 1. The van der Waals surface area contributed by atoms with Crippen LogP contribution in [0.25, 0.3) is 0 Å². The van der Waals surface area contributed by atoms with E-state index < -0.39 is 12.0 Å². The molecule has 2 rings (SSSR count). The van der Waals surface area contributed by atoms with Gasteiger partial charge in [0.1, 0.15) is 0 Å². The van der Waals surface area contributed by atoms with Gasteiger partial charge in [-0.1, -0.05) is 40.9 Å². The molecule has 136 valence electrons. The molecule has 1 unspecified atom stereocenters. The first-order chi connectivity index (χ1) is 12.0. The summed E-state index contributed by atoms with van der Waals surface area (Å²) in [4.78, 5) is 36.0. The fourth-order valence-electron chi connectivity index (χ4n) is 2.92. The second-order valence-electron chi connectivity index (χ2n) is 6.10. The molecule has 0 aromatic heterocycles. The highest BCUT2D eigenvalue weighted by Crippen LogP contribution is 2.24. The lowest BCUT2D eigenvalue weighted by Crippen LogP contribution is -2.37. The number of ether oxygens (including phenoxy) is 1. The summed E-state index contributed by atoms with van der Waals surface area (Å²) in [6.07, 6.45) is 4.14. The molecular formula is C18H23BrN2O4. The minimum atomic E-state index is -0.865. The highest BCUT2D eigenvalue weighted by atomic mass is 79.9. The van der Waals surface area contributed by atoms with Crippen LogP contribution in [0.3, 0.4) is 0 Å². The number of hydrogen-bond acceptors (Lipinski definition) is 4. The smallest absolute Gasteiger partial charge is 0.333 e. The summed E-state index contributed by atoms with van der Waals surface area (Å²) in [5.41, 5.74) is 0.637. The van der Waals surface area contributed by atoms with Gasteiger partial charge in [-0.15, -0.1) is 0 Å². The van der Waals surface area contributed by atoms with Gasteiger partial charge >= 0.3 is 5.97 Å². The lowest BCUT2D eigenvalue weighted by atomic mass is 10.1. The molecule has 0 bridgehead atoms. The van der Waals surface area contributed by atoms with E-state index in [4.69, 9.17) is 4.74 Å². The van der Waals surface area contributed by atoms with Gasteiger partial charge in [-0.25, -0.2) is 4.79 Å². The van der Waals surface area contributed by atoms with Crippen molar-refractivity contribution in [1.29, 1.82) is 0 Å². The number of halogens is 1. The maximum absolute atomic E-state index is 12.1. The van der Waals surface area contributed by atoms with Gasteiger partial charge in [0.05, 0.1) is 7.11 Å². The van der Waals surface area contributed by atoms with Crippen LogP contribution in [0, 0.1) is 5.92 Å². The van der Waals surface area contributed by atoms with Crippen molar-refractivity contribution in [1.82, 2.24) is 10.6 Å². The Morgan fingerprint density at radius 3 is 2.44 bits per heavy atom. The minimum Gasteiger partial charge on any atom is -0.467 e. The molecule has 1 aliphatic carbocycles. The van der Waals surface area contributed by atoms with Crippen LogP contribution in [0.2, 0.25) is 0 Å². The third kappa shape index (κ3) is 5.85. The number of amides is 2. The van der Waals surface area contributed by atoms with E-state index in [0.29, 0.717) is 5.56 Å². The number of benzene rings is 1. The van der Waals surface area contributed by atoms with Gasteiger partial charge in [-0.05, 0) is 30.5 Å². The summed E-state index contributed by atoms with van der Waals surface area (Å²) in [6, 6.07) is 6.20. The molecule has 25 heavy (non-hydrogen) atoms. The Bertz CT molecular complexity index is 612. The molecule has 1 aliphatic rings. The summed E-state index contributed by atoms with van der Waals surface area (Å²) in [7, 11) is 1.28. The Kier molecular flexibility index (Phi) is 7.43. The highest BCUT2D eigenvalue weighted by molar-refractivity contribution is 9.10. The first-order valence-corrected chi connectivity index (χ1v) is 9.21. The Hall–Kier alpha value is -1.89. The van der Waals surface area contributed by atoms with Crippen molar-refractivity contribution in [3.8, 4) is 0 Å². The van der Waals surface area contributed by atoms with Gasteiger partial charge in [0.15, 0.2) is 6.04 Å². The van der Waals surface area contributed by atoms with E-state index in [1.165, 1.54) is 7.11 Å². The number of hydrogen-bond donors (Lipinski definition) is 2. The minimum absolute atomic E-state index is 0.0164. The van der Waals surface area contributed by atoms with E-state index >= 15 is 0 Å². The second-order valence-corrected chi connectivity index (χ2v) is 7.01. The Labute approximate surface area is 155 Å². The fraction of sp³-hybridized carbons (Fsp3) is 0.500. The second kappa shape index (κ2) is 9.56. The molecule has 1 fully saturated rings. The van der Waals surface area contributed by atoms with Crippen molar-refractivity contribution in [2.24, 2.45) is 5.92 Å². The first-order valence-electron chi connectivity index (χ1n) is 8.41. The van der Waals surface area contributed by atoms with Gasteiger partial charge in [-0.3, -0.25) is 9.59 Å². The number of esters is 1. The molecule has 0 aliphatic heterocycles. The lowest BCUT2D eigenvalue weighted by molar-refractivity contribution is -0.145. The third-order valence-electron chi connectivity index (χ3n) is 4.32. The molecule has 0 heterocycles. The number of nitrogens with one attached hydrogen (secondary N) is 2. The van der Waals surface area contributed by atoms with Crippen LogP contribution in [-0.4, -0.2) is 31.4 Å². The Balaban J connectivity index is 1.85. The Morgan fingerprint density at radius 1 is 1.20 bits per heavy atom. The maximum Gasteiger partial charge on any atom is 0.333 e. The SMILES string of the molecule is COC(=O)C(NC(=O)CCNC(=O)C1CCCC1)c1ccc(Br)cc1. The summed E-state index contributed by atoms with van der Waals surface area (Å²) in [5, 5.41) is 5.46. The molecule has 1 atom stereocenters. The van der Waals surface area contributed by atoms with Gasteiger partial charge in [0, 0.05) is 23.4 Å². The lowest BCUT2D eigenvalue weighted by Gasteiger charge is -2.17. The molecular weight excluding hydrogens is 388 g/mol. The predicted molar refractivity (Wildman–Crippen MR) is 96.6 cm³/mol. The van der Waals surface area contributed by atoms with E-state index in [0.717, 1.165) is 30.2 Å². The van der Waals surface area contributed by atoms with E-state index in [9.17, 15) is 14.4 Å². The molecule has 6 nitrogen and oxygen atoms in total. The quantitative estimate of drug-likeness (QED) is 0.676. The van der Waals surface area contributed by atoms with Crippen LogP contribution >= 0.6 is 15.9 Å². The summed E-state index contributed by atoms with van der Waals surface area (Å²) in [5.74, 6) is -0.757. The molecule has 1 aromatic rings. The normalized spacial score (nSPS) is 15.4. The van der Waals surface area contributed by atoms with Crippen LogP contribution in [0.5, 0.6) is 0 Å². The standard InChI is InChI=1S/C18H23BrN2O4/c1-25-18(24)16(12-6-8-14(19)9-7-12)21-15(22)10-11-20-17(23)13-4-2-3-5-13/h6-9,13,16H,2-5,10-11H2,1H3,(H,20,23)(H,21,22). The summed E-state index contributed by atoms with van der Waals surface area (Å²) >= 11 is 3.33. The van der Waals surface area contributed by atoms with Gasteiger partial charge < -0.3 is 15.4 Å². The molecule has 0 radical (unpaired) electrons. The molecule has 2 amide bonds. The maximum atomic E-state index is 12.1. The zero-order valence-corrected chi connectivity index (χ0v) is 15.8. The van der Waals surface area contributed by atoms with Crippen molar-refractivity contribution in [3.63, 3.8) is 0 Å². The topological polar surface area (TPSA) is 84.5 Å². The van der Waals surface area contributed by atoms with Crippen molar-refractivity contribution in [2.75, 3.05) is 13.7 Å². The van der Waals surface area contributed by atoms with Crippen molar-refractivity contribution in [3.05, 3.63) is 34.3 Å². The van der Waals surface area contributed by atoms with Crippen LogP contribution < -0.4 is 10.6 Å². The first kappa shape index (κ1) is 19.4. The largest absolute Gasteiger partial charge is 0.467 e. The van der Waals surface area contributed by atoms with E-state index in [1.54, 1.807) is 24.3 Å².